The molecule has 1 unspecified atom stereocenters. The number of likely N-dealkylation sites (tertiary alicyclic amines) is 1. The summed E-state index contributed by atoms with van der Waals surface area (Å²) in [6, 6.07) is 8.88. The zero-order chi connectivity index (χ0) is 18.4. The van der Waals surface area contributed by atoms with Gasteiger partial charge in [-0.3, -0.25) is 9.59 Å². The highest BCUT2D eigenvalue weighted by Crippen LogP contribution is 2.23. The van der Waals surface area contributed by atoms with Crippen LogP contribution in [0.4, 0.5) is 13.2 Å². The molecule has 0 aromatic heterocycles. The summed E-state index contributed by atoms with van der Waals surface area (Å²) in [6.07, 6.45) is -3.80. The van der Waals surface area contributed by atoms with Gasteiger partial charge >= 0.3 is 12.1 Å². The van der Waals surface area contributed by atoms with Gasteiger partial charge in [-0.25, -0.2) is 0 Å². The van der Waals surface area contributed by atoms with Crippen LogP contribution in [-0.4, -0.2) is 42.5 Å². The number of nitrogens with zero attached hydrogens (tertiary/aromatic N) is 1. The van der Waals surface area contributed by atoms with Crippen LogP contribution in [0.2, 0.25) is 0 Å². The van der Waals surface area contributed by atoms with Crippen molar-refractivity contribution in [2.45, 2.75) is 31.5 Å². The lowest BCUT2D eigenvalue weighted by molar-refractivity contribution is -0.186. The fraction of sp³-hybridized carbons (Fsp3) is 0.529. The van der Waals surface area contributed by atoms with Gasteiger partial charge in [-0.2, -0.15) is 13.2 Å². The molecule has 2 rings (SSSR count). The van der Waals surface area contributed by atoms with Crippen LogP contribution >= 0.6 is 12.4 Å². The molecule has 1 aliphatic heterocycles. The van der Waals surface area contributed by atoms with Gasteiger partial charge in [0.05, 0.1) is 0 Å². The number of benzene rings is 1. The van der Waals surface area contributed by atoms with Crippen LogP contribution in [0.5, 0.6) is 0 Å². The molecule has 1 aliphatic rings. The maximum atomic E-state index is 12.4. The van der Waals surface area contributed by atoms with E-state index in [0.717, 1.165) is 10.5 Å². The highest BCUT2D eigenvalue weighted by Gasteiger charge is 2.43. The summed E-state index contributed by atoms with van der Waals surface area (Å²) >= 11 is 0. The lowest BCUT2D eigenvalue weighted by Gasteiger charge is -2.32. The number of amides is 2. The van der Waals surface area contributed by atoms with Gasteiger partial charge in [0.25, 0.3) is 0 Å². The van der Waals surface area contributed by atoms with Gasteiger partial charge in [0.2, 0.25) is 5.91 Å². The number of nitrogens with one attached hydrogen (secondary N) is 1. The van der Waals surface area contributed by atoms with Gasteiger partial charge in [-0.1, -0.05) is 30.3 Å². The third-order valence-corrected chi connectivity index (χ3v) is 4.37. The van der Waals surface area contributed by atoms with Crippen LogP contribution in [0.1, 0.15) is 30.9 Å². The Morgan fingerprint density at radius 2 is 1.77 bits per heavy atom. The highest BCUT2D eigenvalue weighted by atomic mass is 35.5. The second kappa shape index (κ2) is 9.78. The fourth-order valence-corrected chi connectivity index (χ4v) is 2.87. The minimum Gasteiger partial charge on any atom is -0.356 e. The first-order valence-corrected chi connectivity index (χ1v) is 8.20. The molecule has 1 aromatic rings. The maximum Gasteiger partial charge on any atom is 0.471 e. The molecular weight excluding hydrogens is 371 g/mol. The van der Waals surface area contributed by atoms with Gasteiger partial charge in [-0.15, -0.1) is 12.4 Å². The summed E-state index contributed by atoms with van der Waals surface area (Å²) in [5.74, 6) is -1.91. The Hall–Kier alpha value is -1.80. The monoisotopic (exact) mass is 393 g/mol. The Morgan fingerprint density at radius 3 is 2.31 bits per heavy atom. The molecular formula is C17H23ClF3N3O2. The molecule has 0 spiro atoms. The number of halogens is 4. The average Bonchev–Trinajstić information content (AvgIpc) is 2.59. The first kappa shape index (κ1) is 22.2. The number of hydrogen-bond donors (Lipinski definition) is 2. The molecule has 9 heteroatoms. The molecule has 0 bridgehead atoms. The number of carbonyl (C=O) groups is 2. The number of piperidine rings is 1. The van der Waals surface area contributed by atoms with Crippen LogP contribution in [0.25, 0.3) is 0 Å². The van der Waals surface area contributed by atoms with Crippen LogP contribution in [-0.2, 0) is 9.59 Å². The van der Waals surface area contributed by atoms with E-state index >= 15 is 0 Å². The summed E-state index contributed by atoms with van der Waals surface area (Å²) in [4.78, 5) is 24.0. The number of alkyl halides is 3. The first-order chi connectivity index (χ1) is 11.8. The molecule has 5 nitrogen and oxygen atoms in total. The number of nitrogens with two attached hydrogens (primary N) is 1. The Labute approximate surface area is 156 Å². The highest BCUT2D eigenvalue weighted by molar-refractivity contribution is 5.85. The second-order valence-electron chi connectivity index (χ2n) is 6.26. The molecule has 146 valence electrons. The third-order valence-electron chi connectivity index (χ3n) is 4.37. The molecule has 2 amide bonds. The SMILES string of the molecule is Cl.NC(CC(=O)NCC1CCN(C(=O)C(F)(F)F)CC1)c1ccccc1. The molecule has 1 fully saturated rings. The number of rotatable bonds is 5. The topological polar surface area (TPSA) is 75.4 Å². The second-order valence-corrected chi connectivity index (χ2v) is 6.26. The minimum atomic E-state index is -4.82. The van der Waals surface area contributed by atoms with Crippen molar-refractivity contribution in [2.24, 2.45) is 11.7 Å². The molecule has 1 saturated heterocycles. The van der Waals surface area contributed by atoms with Crippen molar-refractivity contribution in [3.63, 3.8) is 0 Å². The zero-order valence-corrected chi connectivity index (χ0v) is 15.0. The standard InChI is InChI=1S/C17H22F3N3O2.ClH/c18-17(19,20)16(25)23-8-6-12(7-9-23)11-22-15(24)10-14(21)13-4-2-1-3-5-13;/h1-5,12,14H,6-11,21H2,(H,22,24);1H. The van der Waals surface area contributed by atoms with Crippen LogP contribution in [0.15, 0.2) is 30.3 Å². The summed E-state index contributed by atoms with van der Waals surface area (Å²) in [6.45, 7) is 0.499. The summed E-state index contributed by atoms with van der Waals surface area (Å²) in [5.41, 5.74) is 6.86. The van der Waals surface area contributed by atoms with E-state index in [1.165, 1.54) is 0 Å². The Kier molecular flexibility index (Phi) is 8.36. The maximum absolute atomic E-state index is 12.4. The molecule has 26 heavy (non-hydrogen) atoms. The predicted molar refractivity (Wildman–Crippen MR) is 93.6 cm³/mol. The van der Waals surface area contributed by atoms with E-state index in [2.05, 4.69) is 5.32 Å². The lowest BCUT2D eigenvalue weighted by Crippen LogP contribution is -2.46. The van der Waals surface area contributed by atoms with Crippen molar-refractivity contribution in [1.29, 1.82) is 0 Å². The fourth-order valence-electron chi connectivity index (χ4n) is 2.87. The molecule has 3 N–H and O–H groups in total. The number of carbonyl (C=O) groups excluding carboxylic acids is 2. The summed E-state index contributed by atoms with van der Waals surface area (Å²) < 4.78 is 37.2. The van der Waals surface area contributed by atoms with E-state index in [1.54, 1.807) is 0 Å². The van der Waals surface area contributed by atoms with Gasteiger partial charge in [0.15, 0.2) is 0 Å². The van der Waals surface area contributed by atoms with E-state index in [1.807, 2.05) is 30.3 Å². The summed E-state index contributed by atoms with van der Waals surface area (Å²) in [5, 5.41) is 2.78. The Balaban J connectivity index is 0.00000338. The molecule has 1 heterocycles. The van der Waals surface area contributed by atoms with Gasteiger partial charge in [-0.05, 0) is 24.3 Å². The predicted octanol–water partition coefficient (Wildman–Crippen LogP) is 2.42. The van der Waals surface area contributed by atoms with Crippen LogP contribution < -0.4 is 11.1 Å². The molecule has 1 atom stereocenters. The van der Waals surface area contributed by atoms with Crippen LogP contribution in [0, 0.1) is 5.92 Å². The van der Waals surface area contributed by atoms with Crippen molar-refractivity contribution in [1.82, 2.24) is 10.2 Å². The van der Waals surface area contributed by atoms with E-state index < -0.39 is 18.1 Å². The Bertz CT molecular complexity index is 591. The lowest BCUT2D eigenvalue weighted by atomic mass is 9.96. The molecule has 1 aromatic carbocycles. The van der Waals surface area contributed by atoms with Gasteiger partial charge < -0.3 is 16.0 Å². The molecule has 0 saturated carbocycles. The van der Waals surface area contributed by atoms with Crippen molar-refractivity contribution >= 4 is 24.2 Å². The van der Waals surface area contributed by atoms with Crippen molar-refractivity contribution in [3.8, 4) is 0 Å². The van der Waals surface area contributed by atoms with Crippen molar-refractivity contribution < 1.29 is 22.8 Å². The molecule has 0 radical (unpaired) electrons. The zero-order valence-electron chi connectivity index (χ0n) is 14.2. The third kappa shape index (κ3) is 6.49. The average molecular weight is 394 g/mol. The van der Waals surface area contributed by atoms with Crippen molar-refractivity contribution in [2.75, 3.05) is 19.6 Å². The quantitative estimate of drug-likeness (QED) is 0.806. The number of hydrogen-bond acceptors (Lipinski definition) is 3. The van der Waals surface area contributed by atoms with Crippen molar-refractivity contribution in [3.05, 3.63) is 35.9 Å². The smallest absolute Gasteiger partial charge is 0.356 e. The van der Waals surface area contributed by atoms with E-state index in [-0.39, 0.29) is 43.7 Å². The first-order valence-electron chi connectivity index (χ1n) is 8.20. The largest absolute Gasteiger partial charge is 0.471 e. The Morgan fingerprint density at radius 1 is 1.19 bits per heavy atom. The van der Waals surface area contributed by atoms with Crippen LogP contribution in [0.3, 0.4) is 0 Å². The summed E-state index contributed by atoms with van der Waals surface area (Å²) in [7, 11) is 0. The molecule has 0 aliphatic carbocycles. The van der Waals surface area contributed by atoms with E-state index in [0.29, 0.717) is 19.4 Å². The minimum absolute atomic E-state index is 0. The van der Waals surface area contributed by atoms with Gasteiger partial charge in [0.1, 0.15) is 0 Å². The van der Waals surface area contributed by atoms with Gasteiger partial charge in [0, 0.05) is 32.1 Å². The normalized spacial score (nSPS) is 16.5. The van der Waals surface area contributed by atoms with E-state index in [4.69, 9.17) is 5.73 Å². The van der Waals surface area contributed by atoms with E-state index in [9.17, 15) is 22.8 Å².